The largest absolute Gasteiger partial charge is 0.254 e. The molecule has 0 saturated heterocycles. The first kappa shape index (κ1) is 22.2. The van der Waals surface area contributed by atoms with Crippen molar-refractivity contribution in [3.63, 3.8) is 0 Å². The van der Waals surface area contributed by atoms with E-state index in [0.717, 1.165) is 18.9 Å². The number of allylic oxidation sites excluding steroid dienone is 2. The number of hydrogen-bond acceptors (Lipinski definition) is 3. The maximum absolute atomic E-state index is 3.26. The predicted octanol–water partition coefficient (Wildman–Crippen LogP) is 5.86. The van der Waals surface area contributed by atoms with Crippen molar-refractivity contribution in [3.05, 3.63) is 41.5 Å². The van der Waals surface area contributed by atoms with Gasteiger partial charge in [0, 0.05) is 18.7 Å². The van der Waals surface area contributed by atoms with Crippen LogP contribution in [0.15, 0.2) is 30.3 Å². The number of benzene rings is 1. The van der Waals surface area contributed by atoms with Crippen LogP contribution in [0.4, 0.5) is 0 Å². The molecule has 0 spiro atoms. The van der Waals surface area contributed by atoms with Crippen molar-refractivity contribution in [2.75, 3.05) is 13.6 Å². The van der Waals surface area contributed by atoms with E-state index in [2.05, 4.69) is 46.7 Å². The van der Waals surface area contributed by atoms with Crippen molar-refractivity contribution in [1.82, 2.24) is 9.44 Å². The Bertz CT molecular complexity index is 412. The van der Waals surface area contributed by atoms with E-state index in [1.807, 2.05) is 34.7 Å². The maximum Gasteiger partial charge on any atom is 0.0111 e. The molecule has 0 bridgehead atoms. The van der Waals surface area contributed by atoms with Gasteiger partial charge in [-0.3, -0.25) is 9.44 Å². The summed E-state index contributed by atoms with van der Waals surface area (Å²) < 4.78 is 6.27. The Balaban J connectivity index is 0.00000112. The van der Waals surface area contributed by atoms with Crippen LogP contribution >= 0.6 is 12.1 Å². The smallest absolute Gasteiger partial charge is 0.0111 e. The maximum atomic E-state index is 3.26. The quantitative estimate of drug-likeness (QED) is 0.503. The van der Waals surface area contributed by atoms with Crippen LogP contribution in [0.1, 0.15) is 65.0 Å². The summed E-state index contributed by atoms with van der Waals surface area (Å²) in [6.45, 7) is 11.3. The van der Waals surface area contributed by atoms with Crippen LogP contribution in [0.5, 0.6) is 0 Å². The molecule has 0 aliphatic heterocycles. The van der Waals surface area contributed by atoms with Gasteiger partial charge in [-0.15, -0.1) is 0 Å². The van der Waals surface area contributed by atoms with Gasteiger partial charge in [0.1, 0.15) is 0 Å². The Morgan fingerprint density at radius 3 is 2.26 bits per heavy atom. The molecule has 1 aromatic carbocycles. The Labute approximate surface area is 148 Å². The Hall–Kier alpha value is -0.770. The van der Waals surface area contributed by atoms with Crippen molar-refractivity contribution in [3.8, 4) is 0 Å². The summed E-state index contributed by atoms with van der Waals surface area (Å²) in [5.41, 5.74) is 4.35. The zero-order valence-corrected chi connectivity index (χ0v) is 16.7. The first-order valence-electron chi connectivity index (χ1n) is 9.13. The molecule has 0 saturated carbocycles. The van der Waals surface area contributed by atoms with Crippen LogP contribution in [-0.2, 0) is 6.42 Å². The molecule has 0 amide bonds. The minimum atomic E-state index is 0.860. The first-order valence-corrected chi connectivity index (χ1v) is 9.95. The van der Waals surface area contributed by atoms with Crippen molar-refractivity contribution >= 4 is 17.7 Å². The van der Waals surface area contributed by atoms with E-state index in [4.69, 9.17) is 0 Å². The van der Waals surface area contributed by atoms with Crippen LogP contribution in [0.3, 0.4) is 0 Å². The van der Waals surface area contributed by atoms with E-state index < -0.39 is 0 Å². The van der Waals surface area contributed by atoms with Gasteiger partial charge in [0.25, 0.3) is 0 Å². The highest BCUT2D eigenvalue weighted by Crippen LogP contribution is 2.29. The second kappa shape index (κ2) is 14.8. The lowest BCUT2D eigenvalue weighted by molar-refractivity contribution is 0.534. The van der Waals surface area contributed by atoms with E-state index in [9.17, 15) is 0 Å². The Morgan fingerprint density at radius 2 is 1.74 bits per heavy atom. The molecule has 0 radical (unpaired) electrons. The van der Waals surface area contributed by atoms with Gasteiger partial charge in [0.15, 0.2) is 0 Å². The molecule has 3 heteroatoms. The fourth-order valence-electron chi connectivity index (χ4n) is 2.43. The predicted molar refractivity (Wildman–Crippen MR) is 108 cm³/mol. The fourth-order valence-corrected chi connectivity index (χ4v) is 2.78. The lowest BCUT2D eigenvalue weighted by atomic mass is 9.87. The molecule has 1 aliphatic carbocycles. The van der Waals surface area contributed by atoms with Crippen LogP contribution in [0, 0.1) is 5.92 Å². The van der Waals surface area contributed by atoms with Crippen LogP contribution in [0.2, 0.25) is 0 Å². The van der Waals surface area contributed by atoms with E-state index in [0.29, 0.717) is 0 Å². The molecule has 1 unspecified atom stereocenters. The average Bonchev–Trinajstić information content (AvgIpc) is 2.63. The second-order valence-corrected chi connectivity index (χ2v) is 6.16. The molecular formula is C20H36N2S. The number of nitrogens with one attached hydrogen (secondary N) is 2. The highest BCUT2D eigenvalue weighted by molar-refractivity contribution is 7.95. The first-order chi connectivity index (χ1) is 11.3. The lowest BCUT2D eigenvalue weighted by Crippen LogP contribution is -2.13. The molecule has 0 heterocycles. The van der Waals surface area contributed by atoms with E-state index in [1.165, 1.54) is 36.0 Å². The SMILES string of the molecule is CC.CC.CNSNCCc1ccc(C2=CCC(C)CC2)cc1. The summed E-state index contributed by atoms with van der Waals surface area (Å²) in [5.74, 6) is 0.860. The van der Waals surface area contributed by atoms with Gasteiger partial charge in [-0.2, -0.15) is 0 Å². The molecular weight excluding hydrogens is 300 g/mol. The average molecular weight is 337 g/mol. The van der Waals surface area contributed by atoms with Gasteiger partial charge in [-0.05, 0) is 55.3 Å². The molecule has 2 rings (SSSR count). The molecule has 1 aromatic rings. The highest BCUT2D eigenvalue weighted by atomic mass is 32.2. The third-order valence-electron chi connectivity index (χ3n) is 3.69. The molecule has 0 aromatic heterocycles. The van der Waals surface area contributed by atoms with Gasteiger partial charge in [-0.1, -0.05) is 65.0 Å². The summed E-state index contributed by atoms with van der Waals surface area (Å²) in [7, 11) is 1.92. The zero-order chi connectivity index (χ0) is 17.5. The van der Waals surface area contributed by atoms with Crippen LogP contribution in [0.25, 0.3) is 5.57 Å². The summed E-state index contributed by atoms with van der Waals surface area (Å²) in [6, 6.07) is 9.09. The summed E-state index contributed by atoms with van der Waals surface area (Å²) in [6.07, 6.45) is 7.31. The van der Waals surface area contributed by atoms with Crippen molar-refractivity contribution in [1.29, 1.82) is 0 Å². The van der Waals surface area contributed by atoms with Gasteiger partial charge in [0.2, 0.25) is 0 Å². The Kier molecular flexibility index (Phi) is 14.3. The van der Waals surface area contributed by atoms with Gasteiger partial charge >= 0.3 is 0 Å². The van der Waals surface area contributed by atoms with E-state index in [1.54, 1.807) is 12.1 Å². The van der Waals surface area contributed by atoms with Crippen molar-refractivity contribution in [2.45, 2.75) is 60.3 Å². The van der Waals surface area contributed by atoms with E-state index in [-0.39, 0.29) is 0 Å². The topological polar surface area (TPSA) is 24.1 Å². The molecule has 1 atom stereocenters. The minimum Gasteiger partial charge on any atom is -0.254 e. The molecule has 2 N–H and O–H groups in total. The molecule has 0 fully saturated rings. The van der Waals surface area contributed by atoms with Gasteiger partial charge in [-0.25, -0.2) is 0 Å². The lowest BCUT2D eigenvalue weighted by Gasteiger charge is -2.18. The normalized spacial score (nSPS) is 16.4. The van der Waals surface area contributed by atoms with Gasteiger partial charge in [0.05, 0.1) is 0 Å². The molecule has 132 valence electrons. The van der Waals surface area contributed by atoms with Crippen molar-refractivity contribution in [2.24, 2.45) is 5.92 Å². The molecule has 23 heavy (non-hydrogen) atoms. The minimum absolute atomic E-state index is 0.860. The third-order valence-corrected chi connectivity index (χ3v) is 4.24. The van der Waals surface area contributed by atoms with Crippen molar-refractivity contribution < 1.29 is 0 Å². The fraction of sp³-hybridized carbons (Fsp3) is 0.600. The molecule has 2 nitrogen and oxygen atoms in total. The highest BCUT2D eigenvalue weighted by Gasteiger charge is 2.11. The zero-order valence-electron chi connectivity index (χ0n) is 15.9. The third kappa shape index (κ3) is 9.19. The number of hydrogen-bond donors (Lipinski definition) is 2. The standard InChI is InChI=1S/C16H24N2S.2C2H6/c1-13-3-7-15(8-4-13)16-9-5-14(6-10-16)11-12-18-19-17-2;2*1-2/h5-7,9-10,13,17-18H,3-4,8,11-12H2,1-2H3;2*1-2H3. The van der Waals surface area contributed by atoms with E-state index >= 15 is 0 Å². The summed E-state index contributed by atoms with van der Waals surface area (Å²) in [4.78, 5) is 0. The molecule has 1 aliphatic rings. The van der Waals surface area contributed by atoms with Crippen LogP contribution < -0.4 is 9.44 Å². The van der Waals surface area contributed by atoms with Crippen LogP contribution in [-0.4, -0.2) is 13.6 Å². The van der Waals surface area contributed by atoms with Gasteiger partial charge < -0.3 is 0 Å². The summed E-state index contributed by atoms with van der Waals surface area (Å²) in [5, 5.41) is 0. The Morgan fingerprint density at radius 1 is 1.09 bits per heavy atom. The summed E-state index contributed by atoms with van der Waals surface area (Å²) >= 11 is 1.54. The monoisotopic (exact) mass is 336 g/mol. The number of rotatable bonds is 6. The second-order valence-electron chi connectivity index (χ2n) is 5.26.